The summed E-state index contributed by atoms with van der Waals surface area (Å²) in [4.78, 5) is 27.2. The van der Waals surface area contributed by atoms with Gasteiger partial charge in [-0.1, -0.05) is 0 Å². The molecule has 0 aliphatic carbocycles. The average Bonchev–Trinajstić information content (AvgIpc) is 2.56. The summed E-state index contributed by atoms with van der Waals surface area (Å²) in [5.41, 5.74) is 1.93. The summed E-state index contributed by atoms with van der Waals surface area (Å²) in [5, 5.41) is 3.11. The highest BCUT2D eigenvalue weighted by molar-refractivity contribution is 5.78. The van der Waals surface area contributed by atoms with Gasteiger partial charge >= 0.3 is 0 Å². The topological polar surface area (TPSA) is 71.0 Å². The van der Waals surface area contributed by atoms with E-state index in [2.05, 4.69) is 25.2 Å². The van der Waals surface area contributed by atoms with Crippen molar-refractivity contribution in [3.05, 3.63) is 48.0 Å². The van der Waals surface area contributed by atoms with Gasteiger partial charge in [0, 0.05) is 43.4 Å². The van der Waals surface area contributed by atoms with E-state index in [4.69, 9.17) is 0 Å². The lowest BCUT2D eigenvalue weighted by Crippen LogP contribution is -2.48. The number of anilines is 1. The molecule has 1 fully saturated rings. The van der Waals surface area contributed by atoms with Crippen molar-refractivity contribution in [1.82, 2.24) is 20.3 Å². The van der Waals surface area contributed by atoms with Gasteiger partial charge in [-0.15, -0.1) is 0 Å². The van der Waals surface area contributed by atoms with E-state index in [1.165, 1.54) is 0 Å². The third-order valence-corrected chi connectivity index (χ3v) is 3.94. The van der Waals surface area contributed by atoms with E-state index in [9.17, 15) is 4.79 Å². The Kier molecular flexibility index (Phi) is 4.80. The van der Waals surface area contributed by atoms with Gasteiger partial charge in [-0.2, -0.15) is 0 Å². The van der Waals surface area contributed by atoms with Crippen LogP contribution in [0.4, 0.5) is 5.95 Å². The maximum absolute atomic E-state index is 12.2. The number of nitrogens with zero attached hydrogens (tertiary/aromatic N) is 4. The van der Waals surface area contributed by atoms with Crippen molar-refractivity contribution in [2.75, 3.05) is 18.0 Å². The van der Waals surface area contributed by atoms with Crippen LogP contribution in [-0.4, -0.2) is 40.0 Å². The molecule has 0 aromatic carbocycles. The Morgan fingerprint density at radius 1 is 1.30 bits per heavy atom. The van der Waals surface area contributed by atoms with E-state index in [0.29, 0.717) is 6.42 Å². The van der Waals surface area contributed by atoms with E-state index in [0.717, 1.165) is 43.1 Å². The number of carbonyl (C=O) groups excluding carboxylic acids is 1. The fourth-order valence-electron chi connectivity index (χ4n) is 2.87. The first-order chi connectivity index (χ1) is 11.2. The largest absolute Gasteiger partial charge is 0.351 e. The van der Waals surface area contributed by atoms with Gasteiger partial charge in [-0.25, -0.2) is 9.97 Å². The SMILES string of the molecule is Cc1ccnc(CC(=O)N[C@@H]2CCCN(c3ncccn3)C2)c1. The number of piperidine rings is 1. The van der Waals surface area contributed by atoms with E-state index >= 15 is 0 Å². The normalized spacial score (nSPS) is 17.8. The number of hydrogen-bond donors (Lipinski definition) is 1. The summed E-state index contributed by atoms with van der Waals surface area (Å²) in [5.74, 6) is 0.746. The zero-order valence-electron chi connectivity index (χ0n) is 13.3. The van der Waals surface area contributed by atoms with Crippen molar-refractivity contribution < 1.29 is 4.79 Å². The molecule has 23 heavy (non-hydrogen) atoms. The quantitative estimate of drug-likeness (QED) is 0.926. The van der Waals surface area contributed by atoms with Crippen LogP contribution >= 0.6 is 0 Å². The number of hydrogen-bond acceptors (Lipinski definition) is 5. The van der Waals surface area contributed by atoms with Crippen LogP contribution in [0.1, 0.15) is 24.1 Å². The Balaban J connectivity index is 1.56. The first kappa shape index (κ1) is 15.4. The molecule has 3 rings (SSSR count). The van der Waals surface area contributed by atoms with Crippen molar-refractivity contribution in [3.63, 3.8) is 0 Å². The smallest absolute Gasteiger partial charge is 0.226 e. The highest BCUT2D eigenvalue weighted by Gasteiger charge is 2.23. The third kappa shape index (κ3) is 4.25. The van der Waals surface area contributed by atoms with Crippen molar-refractivity contribution in [2.24, 2.45) is 0 Å². The number of amides is 1. The molecule has 6 heteroatoms. The summed E-state index contributed by atoms with van der Waals surface area (Å²) in [6.07, 6.45) is 7.55. The van der Waals surface area contributed by atoms with Gasteiger partial charge < -0.3 is 10.2 Å². The zero-order chi connectivity index (χ0) is 16.1. The Bertz CT molecular complexity index is 661. The number of aryl methyl sites for hydroxylation is 1. The Morgan fingerprint density at radius 2 is 2.13 bits per heavy atom. The van der Waals surface area contributed by atoms with Gasteiger partial charge in [0.05, 0.1) is 6.42 Å². The number of nitrogens with one attached hydrogen (secondary N) is 1. The molecule has 3 heterocycles. The molecule has 0 saturated carbocycles. The summed E-state index contributed by atoms with van der Waals surface area (Å²) in [6, 6.07) is 5.82. The number of aromatic nitrogens is 3. The summed E-state index contributed by atoms with van der Waals surface area (Å²) in [7, 11) is 0. The van der Waals surface area contributed by atoms with Crippen LogP contribution in [0.5, 0.6) is 0 Å². The highest BCUT2D eigenvalue weighted by Crippen LogP contribution is 2.15. The molecule has 1 aliphatic rings. The predicted molar refractivity (Wildman–Crippen MR) is 88.1 cm³/mol. The monoisotopic (exact) mass is 311 g/mol. The van der Waals surface area contributed by atoms with Crippen LogP contribution in [0, 0.1) is 6.92 Å². The standard InChI is InChI=1S/C17H21N5O/c1-13-5-8-18-15(10-13)11-16(23)21-14-4-2-9-22(12-14)17-19-6-3-7-20-17/h3,5-8,10,14H,2,4,9,11-12H2,1H3,(H,21,23)/t14-/m1/s1. The van der Waals surface area contributed by atoms with Crippen molar-refractivity contribution >= 4 is 11.9 Å². The lowest BCUT2D eigenvalue weighted by atomic mass is 10.1. The van der Waals surface area contributed by atoms with Crippen LogP contribution in [0.3, 0.4) is 0 Å². The average molecular weight is 311 g/mol. The highest BCUT2D eigenvalue weighted by atomic mass is 16.1. The minimum atomic E-state index is 0.0175. The van der Waals surface area contributed by atoms with Crippen LogP contribution in [-0.2, 0) is 11.2 Å². The lowest BCUT2D eigenvalue weighted by Gasteiger charge is -2.33. The van der Waals surface area contributed by atoms with E-state index < -0.39 is 0 Å². The Hall–Kier alpha value is -2.50. The van der Waals surface area contributed by atoms with Crippen LogP contribution in [0.15, 0.2) is 36.8 Å². The van der Waals surface area contributed by atoms with Crippen LogP contribution < -0.4 is 10.2 Å². The van der Waals surface area contributed by atoms with Gasteiger partial charge in [0.2, 0.25) is 11.9 Å². The van der Waals surface area contributed by atoms with Crippen molar-refractivity contribution in [2.45, 2.75) is 32.2 Å². The molecule has 1 aliphatic heterocycles. The molecule has 2 aromatic heterocycles. The summed E-state index contributed by atoms with van der Waals surface area (Å²) >= 11 is 0. The molecule has 6 nitrogen and oxygen atoms in total. The van der Waals surface area contributed by atoms with Crippen LogP contribution in [0.25, 0.3) is 0 Å². The fraction of sp³-hybridized carbons (Fsp3) is 0.412. The molecule has 120 valence electrons. The van der Waals surface area contributed by atoms with Crippen LogP contribution in [0.2, 0.25) is 0 Å². The van der Waals surface area contributed by atoms with Gasteiger partial charge in [0.1, 0.15) is 0 Å². The molecule has 0 spiro atoms. The summed E-state index contributed by atoms with van der Waals surface area (Å²) in [6.45, 7) is 3.68. The molecule has 0 unspecified atom stereocenters. The first-order valence-corrected chi connectivity index (χ1v) is 7.93. The molecule has 2 aromatic rings. The second kappa shape index (κ2) is 7.17. The maximum atomic E-state index is 12.2. The minimum absolute atomic E-state index is 0.0175. The van der Waals surface area contributed by atoms with Crippen molar-refractivity contribution in [1.29, 1.82) is 0 Å². The number of carbonyl (C=O) groups is 1. The van der Waals surface area contributed by atoms with Gasteiger partial charge in [-0.05, 0) is 43.5 Å². The Labute approximate surface area is 136 Å². The number of rotatable bonds is 4. The lowest BCUT2D eigenvalue weighted by molar-refractivity contribution is -0.121. The Morgan fingerprint density at radius 3 is 2.91 bits per heavy atom. The first-order valence-electron chi connectivity index (χ1n) is 7.93. The predicted octanol–water partition coefficient (Wildman–Crippen LogP) is 1.51. The van der Waals surface area contributed by atoms with Gasteiger partial charge in [0.25, 0.3) is 0 Å². The molecule has 1 N–H and O–H groups in total. The van der Waals surface area contributed by atoms with Gasteiger partial charge in [0.15, 0.2) is 0 Å². The number of pyridine rings is 1. The third-order valence-electron chi connectivity index (χ3n) is 3.94. The molecular weight excluding hydrogens is 290 g/mol. The van der Waals surface area contributed by atoms with Crippen molar-refractivity contribution in [3.8, 4) is 0 Å². The molecule has 0 radical (unpaired) electrons. The van der Waals surface area contributed by atoms with E-state index in [1.54, 1.807) is 18.6 Å². The molecule has 1 amide bonds. The molecule has 1 saturated heterocycles. The van der Waals surface area contributed by atoms with E-state index in [-0.39, 0.29) is 11.9 Å². The second-order valence-corrected chi connectivity index (χ2v) is 5.90. The second-order valence-electron chi connectivity index (χ2n) is 5.90. The molecule has 0 bridgehead atoms. The summed E-state index contributed by atoms with van der Waals surface area (Å²) < 4.78 is 0. The maximum Gasteiger partial charge on any atom is 0.226 e. The molecule has 1 atom stereocenters. The minimum Gasteiger partial charge on any atom is -0.351 e. The zero-order valence-corrected chi connectivity index (χ0v) is 13.3. The fourth-order valence-corrected chi connectivity index (χ4v) is 2.87. The van der Waals surface area contributed by atoms with E-state index in [1.807, 2.05) is 25.1 Å². The van der Waals surface area contributed by atoms with Gasteiger partial charge in [-0.3, -0.25) is 9.78 Å². The molecular formula is C17H21N5O.